The zero-order chi connectivity index (χ0) is 23.8. The first-order chi connectivity index (χ1) is 14.7. The molecule has 0 bridgehead atoms. The molecular formula is C24H42O7. The van der Waals surface area contributed by atoms with Crippen molar-refractivity contribution in [2.24, 2.45) is 23.7 Å². The van der Waals surface area contributed by atoms with E-state index in [0.717, 1.165) is 0 Å². The maximum Gasteiger partial charge on any atom is 0.309 e. The summed E-state index contributed by atoms with van der Waals surface area (Å²) in [5, 5.41) is 0. The lowest BCUT2D eigenvalue weighted by Gasteiger charge is -2.19. The van der Waals surface area contributed by atoms with E-state index in [1.54, 1.807) is 13.8 Å². The SMILES string of the molecule is CCC(CC(CC)C(=O)OCCOCCOC(=O)C(CC)CC(CC)C(C)=O)C(C)=O. The summed E-state index contributed by atoms with van der Waals surface area (Å²) >= 11 is 0. The van der Waals surface area contributed by atoms with Crippen molar-refractivity contribution < 1.29 is 33.4 Å². The number of rotatable bonds is 18. The van der Waals surface area contributed by atoms with Gasteiger partial charge in [-0.1, -0.05) is 27.7 Å². The Kier molecular flexibility index (Phi) is 15.9. The molecule has 0 aliphatic rings. The van der Waals surface area contributed by atoms with E-state index < -0.39 is 0 Å². The van der Waals surface area contributed by atoms with Crippen LogP contribution in [0.15, 0.2) is 0 Å². The lowest BCUT2D eigenvalue weighted by molar-refractivity contribution is -0.152. The lowest BCUT2D eigenvalue weighted by Crippen LogP contribution is -2.25. The Balaban J connectivity index is 4.13. The van der Waals surface area contributed by atoms with Crippen LogP contribution < -0.4 is 0 Å². The van der Waals surface area contributed by atoms with Crippen LogP contribution >= 0.6 is 0 Å². The van der Waals surface area contributed by atoms with Crippen LogP contribution in [-0.4, -0.2) is 49.9 Å². The van der Waals surface area contributed by atoms with E-state index in [1.165, 1.54) is 0 Å². The molecule has 4 unspecified atom stereocenters. The van der Waals surface area contributed by atoms with E-state index in [4.69, 9.17) is 14.2 Å². The highest BCUT2D eigenvalue weighted by molar-refractivity contribution is 5.80. The molecule has 0 aliphatic carbocycles. The third kappa shape index (κ3) is 12.0. The molecule has 7 heteroatoms. The summed E-state index contributed by atoms with van der Waals surface area (Å²) in [6, 6.07) is 0. The second-order valence-corrected chi connectivity index (χ2v) is 8.06. The third-order valence-corrected chi connectivity index (χ3v) is 5.87. The highest BCUT2D eigenvalue weighted by Gasteiger charge is 2.25. The number of ether oxygens (including phenoxy) is 3. The van der Waals surface area contributed by atoms with Gasteiger partial charge in [0.15, 0.2) is 0 Å². The normalized spacial score (nSPS) is 14.9. The molecule has 0 heterocycles. The first-order valence-corrected chi connectivity index (χ1v) is 11.6. The summed E-state index contributed by atoms with van der Waals surface area (Å²) in [7, 11) is 0. The first-order valence-electron chi connectivity index (χ1n) is 11.6. The summed E-state index contributed by atoms with van der Waals surface area (Å²) in [5.41, 5.74) is 0. The molecule has 0 saturated heterocycles. The molecule has 180 valence electrons. The lowest BCUT2D eigenvalue weighted by atomic mass is 9.88. The van der Waals surface area contributed by atoms with Gasteiger partial charge in [-0.3, -0.25) is 19.2 Å². The number of ketones is 2. The fourth-order valence-corrected chi connectivity index (χ4v) is 3.53. The highest BCUT2D eigenvalue weighted by Crippen LogP contribution is 2.21. The first kappa shape index (κ1) is 29.2. The van der Waals surface area contributed by atoms with Gasteiger partial charge in [0.2, 0.25) is 0 Å². The number of hydrogen-bond donors (Lipinski definition) is 0. The van der Waals surface area contributed by atoms with E-state index in [-0.39, 0.29) is 73.6 Å². The molecule has 0 aromatic heterocycles. The molecule has 0 amide bonds. The van der Waals surface area contributed by atoms with Crippen LogP contribution in [0, 0.1) is 23.7 Å². The molecule has 0 saturated carbocycles. The van der Waals surface area contributed by atoms with Crippen LogP contribution in [0.1, 0.15) is 80.1 Å². The van der Waals surface area contributed by atoms with Crippen molar-refractivity contribution in [3.05, 3.63) is 0 Å². The fourth-order valence-electron chi connectivity index (χ4n) is 3.53. The number of hydrogen-bond acceptors (Lipinski definition) is 7. The third-order valence-electron chi connectivity index (χ3n) is 5.87. The van der Waals surface area contributed by atoms with Gasteiger partial charge in [0.1, 0.15) is 24.8 Å². The van der Waals surface area contributed by atoms with Gasteiger partial charge < -0.3 is 14.2 Å². The number of carbonyl (C=O) groups excluding carboxylic acids is 4. The largest absolute Gasteiger partial charge is 0.463 e. The van der Waals surface area contributed by atoms with Gasteiger partial charge in [-0.05, 0) is 52.4 Å². The monoisotopic (exact) mass is 442 g/mol. The maximum atomic E-state index is 12.2. The average molecular weight is 443 g/mol. The minimum Gasteiger partial charge on any atom is -0.463 e. The zero-order valence-corrected chi connectivity index (χ0v) is 20.2. The molecule has 0 fully saturated rings. The molecule has 7 nitrogen and oxygen atoms in total. The van der Waals surface area contributed by atoms with Crippen LogP contribution in [0.4, 0.5) is 0 Å². The van der Waals surface area contributed by atoms with E-state index in [2.05, 4.69) is 0 Å². The smallest absolute Gasteiger partial charge is 0.309 e. The molecular weight excluding hydrogens is 400 g/mol. The molecule has 0 rings (SSSR count). The maximum absolute atomic E-state index is 12.2. The standard InChI is InChI=1S/C24H42O7/c1-7-19(17(5)25)15-21(9-3)23(27)30-13-11-29-12-14-31-24(28)22(10-4)16-20(8-2)18(6)26/h19-22H,7-16H2,1-6H3. The van der Waals surface area contributed by atoms with Gasteiger partial charge in [-0.15, -0.1) is 0 Å². The predicted octanol–water partition coefficient (Wildman–Crippen LogP) is 4.15. The van der Waals surface area contributed by atoms with E-state index in [0.29, 0.717) is 38.5 Å². The molecule has 0 radical (unpaired) electrons. The second kappa shape index (κ2) is 16.9. The molecule has 31 heavy (non-hydrogen) atoms. The van der Waals surface area contributed by atoms with Crippen LogP contribution in [0.25, 0.3) is 0 Å². The Morgan fingerprint density at radius 2 is 0.871 bits per heavy atom. The fraction of sp³-hybridized carbons (Fsp3) is 0.833. The van der Waals surface area contributed by atoms with Gasteiger partial charge >= 0.3 is 11.9 Å². The Morgan fingerprint density at radius 1 is 0.548 bits per heavy atom. The van der Waals surface area contributed by atoms with Crippen LogP contribution in [0.2, 0.25) is 0 Å². The highest BCUT2D eigenvalue weighted by atomic mass is 16.6. The predicted molar refractivity (Wildman–Crippen MR) is 118 cm³/mol. The summed E-state index contributed by atoms with van der Waals surface area (Å²) in [4.78, 5) is 47.6. The zero-order valence-electron chi connectivity index (χ0n) is 20.2. The Bertz CT molecular complexity index is 510. The summed E-state index contributed by atoms with van der Waals surface area (Å²) < 4.78 is 15.9. The molecule has 0 aromatic carbocycles. The van der Waals surface area contributed by atoms with E-state index >= 15 is 0 Å². The number of Topliss-reactive ketones (excluding diaryl/α,β-unsaturated/α-hetero) is 2. The van der Waals surface area contributed by atoms with Gasteiger partial charge in [0, 0.05) is 11.8 Å². The minimum absolute atomic E-state index is 0.100. The van der Waals surface area contributed by atoms with Gasteiger partial charge in [0.05, 0.1) is 25.0 Å². The van der Waals surface area contributed by atoms with Crippen molar-refractivity contribution in [1.29, 1.82) is 0 Å². The van der Waals surface area contributed by atoms with Crippen molar-refractivity contribution in [1.82, 2.24) is 0 Å². The van der Waals surface area contributed by atoms with Gasteiger partial charge in [-0.25, -0.2) is 0 Å². The molecule has 0 aliphatic heterocycles. The Morgan fingerprint density at radius 3 is 1.13 bits per heavy atom. The summed E-state index contributed by atoms with van der Waals surface area (Å²) in [6.07, 6.45) is 3.71. The molecule has 0 N–H and O–H groups in total. The average Bonchev–Trinajstić information content (AvgIpc) is 2.73. The van der Waals surface area contributed by atoms with Crippen LogP contribution in [0.3, 0.4) is 0 Å². The van der Waals surface area contributed by atoms with Crippen molar-refractivity contribution >= 4 is 23.5 Å². The van der Waals surface area contributed by atoms with E-state index in [1.807, 2.05) is 27.7 Å². The van der Waals surface area contributed by atoms with Crippen molar-refractivity contribution in [2.75, 3.05) is 26.4 Å². The topological polar surface area (TPSA) is 96.0 Å². The van der Waals surface area contributed by atoms with Crippen LogP contribution in [0.5, 0.6) is 0 Å². The second-order valence-electron chi connectivity index (χ2n) is 8.06. The van der Waals surface area contributed by atoms with Crippen molar-refractivity contribution in [2.45, 2.75) is 80.1 Å². The van der Waals surface area contributed by atoms with E-state index in [9.17, 15) is 19.2 Å². The molecule has 4 atom stereocenters. The Hall–Kier alpha value is -1.76. The van der Waals surface area contributed by atoms with Crippen molar-refractivity contribution in [3.63, 3.8) is 0 Å². The summed E-state index contributed by atoms with van der Waals surface area (Å²) in [6.45, 7) is 11.5. The van der Waals surface area contributed by atoms with Crippen molar-refractivity contribution in [3.8, 4) is 0 Å². The number of carbonyl (C=O) groups is 4. The van der Waals surface area contributed by atoms with Gasteiger partial charge in [-0.2, -0.15) is 0 Å². The summed E-state index contributed by atoms with van der Waals surface area (Å²) in [5.74, 6) is -1.22. The van der Waals surface area contributed by atoms with Gasteiger partial charge in [0.25, 0.3) is 0 Å². The van der Waals surface area contributed by atoms with Crippen LogP contribution in [-0.2, 0) is 33.4 Å². The number of esters is 2. The quantitative estimate of drug-likeness (QED) is 0.232. The Labute approximate surface area is 187 Å². The molecule has 0 aromatic rings. The molecule has 0 spiro atoms. The minimum atomic E-state index is -0.307.